The van der Waals surface area contributed by atoms with E-state index < -0.39 is 26.7 Å². The van der Waals surface area contributed by atoms with Crippen LogP contribution in [0.25, 0.3) is 21.9 Å². The number of benzene rings is 3. The first-order valence-corrected chi connectivity index (χ1v) is 27.7. The molecule has 0 radical (unpaired) electrons. The van der Waals surface area contributed by atoms with E-state index in [0.717, 1.165) is 98.1 Å². The topological polar surface area (TPSA) is 188 Å². The lowest BCUT2D eigenvalue weighted by atomic mass is 9.77. The SMILES string of the molecule is CC(C)(c1ccc(OCc2ccnc(NS(=O)(=O)C3CCN(C4CCN(C5CN(CCc6cccc7c6c6cccnc6n7C6CCC(=O)NC6=O)C5)CC4)CC3)n2)cc1)c1cc(Cl)c(OCCCl)c(C#N)c1. The van der Waals surface area contributed by atoms with Gasteiger partial charge in [0.15, 0.2) is 5.75 Å². The first-order valence-electron chi connectivity index (χ1n) is 25.2. The van der Waals surface area contributed by atoms with E-state index in [1.54, 1.807) is 18.3 Å². The molecule has 2 amide bonds. The minimum absolute atomic E-state index is 0.0299. The normalized spacial score (nSPS) is 19.2. The Morgan fingerprint density at radius 1 is 0.877 bits per heavy atom. The van der Waals surface area contributed by atoms with Crippen LogP contribution in [0.1, 0.15) is 86.4 Å². The van der Waals surface area contributed by atoms with E-state index in [1.165, 1.54) is 11.8 Å². The molecule has 4 aliphatic heterocycles. The summed E-state index contributed by atoms with van der Waals surface area (Å²) < 4.78 is 43.7. The standard InChI is InChI=1S/C54H60Cl2N10O6S/c1-54(2,38-29-36(31-57)50(45(56)30-38)71-28-20-55)37-8-10-42(11-9-37)72-34-39-14-22-59-53(60-39)62-73(69,70)43-18-26-64(27-19-43)40-16-24-65(25-17-40)41-32-63(33-41)23-15-35-5-3-7-46-49(35)44-6-4-21-58-51(44)66(46)47-12-13-48(67)61-52(47)68/h3-11,14,21-22,29-30,40-41,43,47H,12-13,15-20,23-28,32-34H2,1-2H3,(H,59,60,62)(H,61,67,68). The highest BCUT2D eigenvalue weighted by molar-refractivity contribution is 7.93. The highest BCUT2D eigenvalue weighted by Crippen LogP contribution is 2.40. The van der Waals surface area contributed by atoms with Gasteiger partial charge < -0.3 is 18.9 Å². The fraction of sp³-hybridized carbons (Fsp3) is 0.444. The van der Waals surface area contributed by atoms with Crippen molar-refractivity contribution in [2.75, 3.05) is 63.0 Å². The van der Waals surface area contributed by atoms with Gasteiger partial charge in [0, 0.05) is 79.8 Å². The molecule has 0 spiro atoms. The van der Waals surface area contributed by atoms with Gasteiger partial charge in [-0.25, -0.2) is 23.4 Å². The van der Waals surface area contributed by atoms with Gasteiger partial charge in [-0.15, -0.1) is 11.6 Å². The summed E-state index contributed by atoms with van der Waals surface area (Å²) in [4.78, 5) is 46.0. The van der Waals surface area contributed by atoms with Crippen LogP contribution in [0.3, 0.4) is 0 Å². The smallest absolute Gasteiger partial charge is 0.249 e. The number of hydrogen-bond donors (Lipinski definition) is 2. The van der Waals surface area contributed by atoms with Crippen molar-refractivity contribution in [3.63, 3.8) is 0 Å². The molecule has 1 atom stereocenters. The number of fused-ring (bicyclic) bond motifs is 3. The Kier molecular flexibility index (Phi) is 14.9. The molecule has 2 N–H and O–H groups in total. The van der Waals surface area contributed by atoms with Crippen LogP contribution in [0, 0.1) is 11.3 Å². The van der Waals surface area contributed by atoms with Gasteiger partial charge in [0.25, 0.3) is 0 Å². The van der Waals surface area contributed by atoms with Crippen LogP contribution in [-0.4, -0.2) is 130 Å². The van der Waals surface area contributed by atoms with Crippen LogP contribution >= 0.6 is 23.2 Å². The highest BCUT2D eigenvalue weighted by Gasteiger charge is 2.38. The number of carbonyl (C=O) groups is 2. The molecule has 382 valence electrons. The quantitative estimate of drug-likeness (QED) is 0.0672. The van der Waals surface area contributed by atoms with Gasteiger partial charge in [0.2, 0.25) is 27.8 Å². The van der Waals surface area contributed by atoms with Gasteiger partial charge in [0.05, 0.1) is 32.9 Å². The number of halogens is 2. The lowest BCUT2D eigenvalue weighted by Gasteiger charge is -2.49. The predicted octanol–water partition coefficient (Wildman–Crippen LogP) is 7.60. The van der Waals surface area contributed by atoms with Gasteiger partial charge in [-0.1, -0.05) is 49.7 Å². The lowest BCUT2D eigenvalue weighted by molar-refractivity contribution is -0.135. The first-order chi connectivity index (χ1) is 35.3. The molecule has 1 unspecified atom stereocenters. The fourth-order valence-corrected chi connectivity index (χ4v) is 12.9. The summed E-state index contributed by atoms with van der Waals surface area (Å²) >= 11 is 12.3. The molecule has 0 bridgehead atoms. The van der Waals surface area contributed by atoms with E-state index in [2.05, 4.69) is 78.9 Å². The molecule has 4 aliphatic rings. The van der Waals surface area contributed by atoms with Gasteiger partial charge in [0.1, 0.15) is 36.7 Å². The Labute approximate surface area is 436 Å². The van der Waals surface area contributed by atoms with E-state index in [9.17, 15) is 23.3 Å². The van der Waals surface area contributed by atoms with Crippen molar-refractivity contribution in [3.05, 3.63) is 118 Å². The summed E-state index contributed by atoms with van der Waals surface area (Å²) in [6.45, 7) is 11.0. The Balaban J connectivity index is 0.662. The maximum Gasteiger partial charge on any atom is 0.249 e. The number of sulfonamides is 1. The van der Waals surface area contributed by atoms with Crippen LogP contribution in [0.4, 0.5) is 5.95 Å². The number of carbonyl (C=O) groups excluding carboxylic acids is 2. The molecular formula is C54H60Cl2N10O6S. The maximum absolute atomic E-state index is 13.6. The van der Waals surface area contributed by atoms with Crippen molar-refractivity contribution in [2.24, 2.45) is 0 Å². The van der Waals surface area contributed by atoms with Crippen LogP contribution in [0.2, 0.25) is 5.02 Å². The fourth-order valence-electron chi connectivity index (χ4n) is 11.2. The van der Waals surface area contributed by atoms with Crippen molar-refractivity contribution >= 4 is 72.9 Å². The molecule has 6 aromatic rings. The average Bonchev–Trinajstić information content (AvgIpc) is 3.72. The summed E-state index contributed by atoms with van der Waals surface area (Å²) in [5.41, 5.74) is 5.20. The minimum atomic E-state index is -3.72. The second-order valence-corrected chi connectivity index (χ2v) is 22.9. The number of aromatic nitrogens is 4. The number of nitrogens with zero attached hydrogens (tertiary/aromatic N) is 8. The van der Waals surface area contributed by atoms with Crippen molar-refractivity contribution in [1.29, 1.82) is 5.26 Å². The Morgan fingerprint density at radius 2 is 1.63 bits per heavy atom. The second kappa shape index (κ2) is 21.5. The molecule has 3 aromatic carbocycles. The zero-order valence-corrected chi connectivity index (χ0v) is 43.4. The number of imide groups is 1. The number of alkyl halides is 1. The third-order valence-corrected chi connectivity index (χ3v) is 17.6. The van der Waals surface area contributed by atoms with Gasteiger partial charge >= 0.3 is 0 Å². The van der Waals surface area contributed by atoms with Crippen molar-refractivity contribution < 1.29 is 27.5 Å². The molecule has 19 heteroatoms. The molecule has 10 rings (SSSR count). The number of hydrogen-bond acceptors (Lipinski definition) is 13. The van der Waals surface area contributed by atoms with Gasteiger partial charge in [-0.2, -0.15) is 5.26 Å². The van der Waals surface area contributed by atoms with Crippen molar-refractivity contribution in [1.82, 2.24) is 39.5 Å². The molecular weight excluding hydrogens is 988 g/mol. The van der Waals surface area contributed by atoms with E-state index in [-0.39, 0.29) is 36.9 Å². The van der Waals surface area contributed by atoms with Crippen LogP contribution in [0.15, 0.2) is 85.2 Å². The third kappa shape index (κ3) is 10.7. The number of amides is 2. The minimum Gasteiger partial charge on any atom is -0.489 e. The maximum atomic E-state index is 13.6. The van der Waals surface area contributed by atoms with Gasteiger partial charge in [-0.05, 0) is 117 Å². The lowest BCUT2D eigenvalue weighted by Crippen LogP contribution is -2.62. The number of pyridine rings is 1. The molecule has 16 nitrogen and oxygen atoms in total. The summed E-state index contributed by atoms with van der Waals surface area (Å²) in [7, 11) is -3.72. The number of likely N-dealkylation sites (tertiary alicyclic amines) is 3. The zero-order valence-electron chi connectivity index (χ0n) is 41.1. The monoisotopic (exact) mass is 1050 g/mol. The summed E-state index contributed by atoms with van der Waals surface area (Å²) in [6, 6.07) is 26.0. The van der Waals surface area contributed by atoms with E-state index >= 15 is 0 Å². The van der Waals surface area contributed by atoms with Crippen LogP contribution in [-0.2, 0) is 38.1 Å². The number of piperidine rings is 3. The molecule has 3 aromatic heterocycles. The average molecular weight is 1050 g/mol. The molecule has 0 saturated carbocycles. The molecule has 7 heterocycles. The molecule has 0 aliphatic carbocycles. The molecule has 4 fully saturated rings. The van der Waals surface area contributed by atoms with E-state index in [1.807, 2.05) is 41.0 Å². The number of nitrogens with one attached hydrogen (secondary N) is 2. The van der Waals surface area contributed by atoms with Crippen molar-refractivity contribution in [3.8, 4) is 17.6 Å². The van der Waals surface area contributed by atoms with Crippen molar-refractivity contribution in [2.45, 2.75) is 94.2 Å². The first kappa shape index (κ1) is 50.7. The number of anilines is 1. The number of rotatable bonds is 17. The van der Waals surface area contributed by atoms with E-state index in [0.29, 0.717) is 65.5 Å². The summed E-state index contributed by atoms with van der Waals surface area (Å²) in [5, 5.41) is 14.3. The van der Waals surface area contributed by atoms with Crippen LogP contribution in [0.5, 0.6) is 11.5 Å². The Hall–Kier alpha value is -5.87. The Morgan fingerprint density at radius 3 is 2.37 bits per heavy atom. The van der Waals surface area contributed by atoms with Crippen LogP contribution < -0.4 is 19.5 Å². The highest BCUT2D eigenvalue weighted by atomic mass is 35.5. The largest absolute Gasteiger partial charge is 0.489 e. The molecule has 4 saturated heterocycles. The predicted molar refractivity (Wildman–Crippen MR) is 282 cm³/mol. The van der Waals surface area contributed by atoms with Gasteiger partial charge in [-0.3, -0.25) is 29.4 Å². The number of nitriles is 1. The summed E-state index contributed by atoms with van der Waals surface area (Å²) in [5.74, 6) is 0.746. The Bertz CT molecular complexity index is 3160. The second-order valence-electron chi connectivity index (χ2n) is 20.1. The zero-order chi connectivity index (χ0) is 50.9. The number of ether oxygens (including phenoxy) is 2. The molecule has 73 heavy (non-hydrogen) atoms. The third-order valence-electron chi connectivity index (χ3n) is 15.4. The van der Waals surface area contributed by atoms with E-state index in [4.69, 9.17) is 37.7 Å². The summed E-state index contributed by atoms with van der Waals surface area (Å²) in [6.07, 6.45) is 8.19.